The van der Waals surface area contributed by atoms with Crippen LogP contribution in [0.25, 0.3) is 11.4 Å². The Bertz CT molecular complexity index is 760. The van der Waals surface area contributed by atoms with E-state index in [0.29, 0.717) is 49.5 Å². The Balaban J connectivity index is 1.47. The number of likely N-dealkylation sites (tertiary alicyclic amines) is 1. The molecule has 25 heavy (non-hydrogen) atoms. The average Bonchev–Trinajstić information content (AvgIpc) is 3.25. The number of hydrogen-bond donors (Lipinski definition) is 1. The second-order valence-electron chi connectivity index (χ2n) is 6.04. The number of rotatable bonds is 6. The molecule has 132 valence electrons. The van der Waals surface area contributed by atoms with Gasteiger partial charge in [0.25, 0.3) is 0 Å². The summed E-state index contributed by atoms with van der Waals surface area (Å²) in [6.45, 7) is 0.772. The number of aryl methyl sites for hydroxylation is 1. The molecule has 1 fully saturated rings. The Morgan fingerprint density at radius 3 is 2.76 bits per heavy atom. The van der Waals surface area contributed by atoms with Gasteiger partial charge in [-0.3, -0.25) is 9.59 Å². The summed E-state index contributed by atoms with van der Waals surface area (Å²) in [6, 6.07) is 5.79. The van der Waals surface area contributed by atoms with Crippen molar-refractivity contribution in [1.29, 1.82) is 0 Å². The van der Waals surface area contributed by atoms with Crippen LogP contribution in [0, 0.1) is 11.7 Å². The highest BCUT2D eigenvalue weighted by atomic mass is 19.1. The standard InChI is InChI=1S/C17H18FN3O4/c18-13-6-4-11(5-7-13)16-19-14(25-20-16)2-1-3-15(22)21-9-8-12(10-21)17(23)24/h4-7,12H,1-3,8-10H2,(H,23,24). The van der Waals surface area contributed by atoms with E-state index in [-0.39, 0.29) is 18.3 Å². The molecule has 1 aliphatic rings. The van der Waals surface area contributed by atoms with Gasteiger partial charge in [-0.05, 0) is 37.1 Å². The maximum Gasteiger partial charge on any atom is 0.308 e. The molecule has 1 aromatic carbocycles. The average molecular weight is 347 g/mol. The van der Waals surface area contributed by atoms with Gasteiger partial charge in [0.05, 0.1) is 5.92 Å². The summed E-state index contributed by atoms with van der Waals surface area (Å²) >= 11 is 0. The molecule has 0 aliphatic carbocycles. The molecule has 2 heterocycles. The first-order chi connectivity index (χ1) is 12.0. The number of carboxylic acids is 1. The number of aromatic nitrogens is 2. The minimum absolute atomic E-state index is 0.0537. The van der Waals surface area contributed by atoms with Crippen LogP contribution in [-0.2, 0) is 16.0 Å². The molecule has 0 bridgehead atoms. The molecule has 1 amide bonds. The minimum atomic E-state index is -0.852. The molecule has 1 aliphatic heterocycles. The highest BCUT2D eigenvalue weighted by Crippen LogP contribution is 2.19. The maximum absolute atomic E-state index is 12.9. The first kappa shape index (κ1) is 17.1. The monoisotopic (exact) mass is 347 g/mol. The van der Waals surface area contributed by atoms with Gasteiger partial charge in [-0.1, -0.05) is 5.16 Å². The number of carboxylic acid groups (broad SMARTS) is 1. The number of benzene rings is 1. The lowest BCUT2D eigenvalue weighted by atomic mass is 10.1. The molecule has 0 spiro atoms. The molecule has 1 atom stereocenters. The first-order valence-electron chi connectivity index (χ1n) is 8.12. The third kappa shape index (κ3) is 4.20. The Labute approximate surface area is 143 Å². The minimum Gasteiger partial charge on any atom is -0.481 e. The van der Waals surface area contributed by atoms with Gasteiger partial charge in [0.15, 0.2) is 0 Å². The van der Waals surface area contributed by atoms with Crippen LogP contribution in [0.3, 0.4) is 0 Å². The van der Waals surface area contributed by atoms with Gasteiger partial charge in [0.1, 0.15) is 5.82 Å². The lowest BCUT2D eigenvalue weighted by Gasteiger charge is -2.15. The lowest BCUT2D eigenvalue weighted by Crippen LogP contribution is -2.29. The van der Waals surface area contributed by atoms with E-state index in [4.69, 9.17) is 9.63 Å². The SMILES string of the molecule is O=C(O)C1CCN(C(=O)CCCc2nc(-c3ccc(F)cc3)no2)C1. The largest absolute Gasteiger partial charge is 0.481 e. The lowest BCUT2D eigenvalue weighted by molar-refractivity contribution is -0.141. The number of aliphatic carboxylic acids is 1. The topological polar surface area (TPSA) is 96.5 Å². The van der Waals surface area contributed by atoms with Crippen molar-refractivity contribution in [1.82, 2.24) is 15.0 Å². The second kappa shape index (κ2) is 7.42. The van der Waals surface area contributed by atoms with Crippen molar-refractivity contribution >= 4 is 11.9 Å². The van der Waals surface area contributed by atoms with Crippen LogP contribution in [-0.4, -0.2) is 45.1 Å². The number of carbonyl (C=O) groups is 2. The maximum atomic E-state index is 12.9. The van der Waals surface area contributed by atoms with E-state index >= 15 is 0 Å². The van der Waals surface area contributed by atoms with Gasteiger partial charge in [-0.2, -0.15) is 4.98 Å². The van der Waals surface area contributed by atoms with Crippen LogP contribution in [0.15, 0.2) is 28.8 Å². The van der Waals surface area contributed by atoms with E-state index in [2.05, 4.69) is 10.1 Å². The zero-order valence-electron chi connectivity index (χ0n) is 13.5. The highest BCUT2D eigenvalue weighted by Gasteiger charge is 2.30. The molecule has 0 saturated carbocycles. The fourth-order valence-corrected chi connectivity index (χ4v) is 2.81. The number of nitrogens with zero attached hydrogens (tertiary/aromatic N) is 3. The smallest absolute Gasteiger partial charge is 0.308 e. The van der Waals surface area contributed by atoms with Gasteiger partial charge < -0.3 is 14.5 Å². The molecule has 1 unspecified atom stereocenters. The van der Waals surface area contributed by atoms with Crippen molar-refractivity contribution in [3.63, 3.8) is 0 Å². The van der Waals surface area contributed by atoms with Gasteiger partial charge in [0.2, 0.25) is 17.6 Å². The molecule has 7 nitrogen and oxygen atoms in total. The van der Waals surface area contributed by atoms with Gasteiger partial charge in [-0.15, -0.1) is 0 Å². The molecular weight excluding hydrogens is 329 g/mol. The summed E-state index contributed by atoms with van der Waals surface area (Å²) in [5.41, 5.74) is 0.657. The Hall–Kier alpha value is -2.77. The zero-order chi connectivity index (χ0) is 17.8. The van der Waals surface area contributed by atoms with Crippen molar-refractivity contribution in [2.24, 2.45) is 5.92 Å². The molecule has 0 radical (unpaired) electrons. The Morgan fingerprint density at radius 1 is 1.32 bits per heavy atom. The molecule has 1 N–H and O–H groups in total. The van der Waals surface area contributed by atoms with Gasteiger partial charge in [-0.25, -0.2) is 4.39 Å². The van der Waals surface area contributed by atoms with E-state index in [1.54, 1.807) is 17.0 Å². The molecule has 8 heteroatoms. The molecule has 3 rings (SSSR count). The van der Waals surface area contributed by atoms with Gasteiger partial charge in [0, 0.05) is 31.5 Å². The number of amides is 1. The van der Waals surface area contributed by atoms with Crippen LogP contribution >= 0.6 is 0 Å². The summed E-state index contributed by atoms with van der Waals surface area (Å²) in [5.74, 6) is -0.908. The fourth-order valence-electron chi connectivity index (χ4n) is 2.81. The van der Waals surface area contributed by atoms with E-state index < -0.39 is 11.9 Å². The van der Waals surface area contributed by atoms with E-state index in [9.17, 15) is 14.0 Å². The Morgan fingerprint density at radius 2 is 2.08 bits per heavy atom. The third-order valence-electron chi connectivity index (χ3n) is 4.24. The predicted octanol–water partition coefficient (Wildman–Crippen LogP) is 2.13. The molecule has 1 aromatic heterocycles. The quantitative estimate of drug-likeness (QED) is 0.860. The number of carbonyl (C=O) groups excluding carboxylic acids is 1. The fraction of sp³-hybridized carbons (Fsp3) is 0.412. The normalized spacial score (nSPS) is 17.0. The number of halogens is 1. The van der Waals surface area contributed by atoms with Crippen molar-refractivity contribution in [3.05, 3.63) is 36.0 Å². The van der Waals surface area contributed by atoms with Crippen molar-refractivity contribution < 1.29 is 23.6 Å². The van der Waals surface area contributed by atoms with Crippen molar-refractivity contribution in [3.8, 4) is 11.4 Å². The second-order valence-corrected chi connectivity index (χ2v) is 6.04. The van der Waals surface area contributed by atoms with Gasteiger partial charge >= 0.3 is 5.97 Å². The Kier molecular flexibility index (Phi) is 5.06. The predicted molar refractivity (Wildman–Crippen MR) is 85.0 cm³/mol. The van der Waals surface area contributed by atoms with Crippen molar-refractivity contribution in [2.45, 2.75) is 25.7 Å². The van der Waals surface area contributed by atoms with Crippen LogP contribution in [0.1, 0.15) is 25.2 Å². The van der Waals surface area contributed by atoms with E-state index in [0.717, 1.165) is 0 Å². The highest BCUT2D eigenvalue weighted by molar-refractivity contribution is 5.78. The van der Waals surface area contributed by atoms with Crippen LogP contribution in [0.4, 0.5) is 4.39 Å². The summed E-state index contributed by atoms with van der Waals surface area (Å²) in [5, 5.41) is 12.8. The van der Waals surface area contributed by atoms with Crippen LogP contribution in [0.2, 0.25) is 0 Å². The van der Waals surface area contributed by atoms with E-state index in [1.807, 2.05) is 0 Å². The van der Waals surface area contributed by atoms with E-state index in [1.165, 1.54) is 12.1 Å². The third-order valence-corrected chi connectivity index (χ3v) is 4.24. The summed E-state index contributed by atoms with van der Waals surface area (Å²) in [7, 11) is 0. The first-order valence-corrected chi connectivity index (χ1v) is 8.12. The summed E-state index contributed by atoms with van der Waals surface area (Å²) in [4.78, 5) is 28.8. The number of hydrogen-bond acceptors (Lipinski definition) is 5. The summed E-state index contributed by atoms with van der Waals surface area (Å²) in [6.07, 6.45) is 1.81. The molecular formula is C17H18FN3O4. The summed E-state index contributed by atoms with van der Waals surface area (Å²) < 4.78 is 18.1. The zero-order valence-corrected chi connectivity index (χ0v) is 13.5. The molecule has 2 aromatic rings. The van der Waals surface area contributed by atoms with Crippen molar-refractivity contribution in [2.75, 3.05) is 13.1 Å². The molecule has 1 saturated heterocycles. The van der Waals surface area contributed by atoms with Crippen LogP contribution < -0.4 is 0 Å². The van der Waals surface area contributed by atoms with Crippen LogP contribution in [0.5, 0.6) is 0 Å².